The summed E-state index contributed by atoms with van der Waals surface area (Å²) in [6.45, 7) is 0. The minimum absolute atomic E-state index is 0.00563. The number of benzene rings is 3. The number of aromatic carboxylic acids is 1. The first kappa shape index (κ1) is 22.8. The number of rotatable bonds is 9. The first-order chi connectivity index (χ1) is 16.6. The van der Waals surface area contributed by atoms with E-state index in [1.54, 1.807) is 20.3 Å². The standard InChI is InChI=1S/C27H24N2O5/c1-32-22-12-8-20(9-13-22)27(19-6-4-3-5-7-19,21-10-14-23(33-2)15-11-21)34-29-25-16-17-28-18-24(25)26(30)31/h3-18H,1-2H3,(H,28,29)(H,30,31). The first-order valence-corrected chi connectivity index (χ1v) is 10.5. The van der Waals surface area contributed by atoms with E-state index in [0.29, 0.717) is 11.5 Å². The smallest absolute Gasteiger partial charge is 0.339 e. The summed E-state index contributed by atoms with van der Waals surface area (Å²) < 4.78 is 10.7. The Morgan fingerprint density at radius 1 is 0.794 bits per heavy atom. The Morgan fingerprint density at radius 2 is 1.32 bits per heavy atom. The molecule has 0 radical (unpaired) electrons. The second-order valence-electron chi connectivity index (χ2n) is 7.43. The van der Waals surface area contributed by atoms with Crippen molar-refractivity contribution in [1.29, 1.82) is 0 Å². The highest BCUT2D eigenvalue weighted by atomic mass is 16.7. The lowest BCUT2D eigenvalue weighted by Crippen LogP contribution is -2.35. The first-order valence-electron chi connectivity index (χ1n) is 10.5. The second-order valence-corrected chi connectivity index (χ2v) is 7.43. The number of methoxy groups -OCH3 is 2. The van der Waals surface area contributed by atoms with Gasteiger partial charge in [0.1, 0.15) is 17.1 Å². The molecule has 172 valence electrons. The van der Waals surface area contributed by atoms with E-state index < -0.39 is 11.6 Å². The number of pyridine rings is 1. The van der Waals surface area contributed by atoms with Crippen molar-refractivity contribution in [2.75, 3.05) is 19.7 Å². The maximum Gasteiger partial charge on any atom is 0.339 e. The summed E-state index contributed by atoms with van der Waals surface area (Å²) in [6, 6.07) is 26.4. The van der Waals surface area contributed by atoms with E-state index in [1.807, 2.05) is 78.9 Å². The van der Waals surface area contributed by atoms with Gasteiger partial charge in [0.05, 0.1) is 19.9 Å². The molecule has 0 saturated heterocycles. The highest BCUT2D eigenvalue weighted by molar-refractivity contribution is 5.93. The van der Waals surface area contributed by atoms with Gasteiger partial charge in [0, 0.05) is 12.4 Å². The van der Waals surface area contributed by atoms with Crippen LogP contribution in [0.25, 0.3) is 0 Å². The molecule has 0 fully saturated rings. The van der Waals surface area contributed by atoms with Crippen molar-refractivity contribution in [1.82, 2.24) is 4.98 Å². The molecule has 0 unspecified atom stereocenters. The van der Waals surface area contributed by atoms with Crippen LogP contribution in [0.1, 0.15) is 27.0 Å². The van der Waals surface area contributed by atoms with Crippen LogP contribution in [0.3, 0.4) is 0 Å². The average Bonchev–Trinajstić information content (AvgIpc) is 2.90. The summed E-state index contributed by atoms with van der Waals surface area (Å²) in [7, 11) is 3.22. The Bertz CT molecular complexity index is 1190. The van der Waals surface area contributed by atoms with Gasteiger partial charge in [-0.1, -0.05) is 54.6 Å². The normalized spacial score (nSPS) is 11.0. The van der Waals surface area contributed by atoms with Gasteiger partial charge in [-0.25, -0.2) is 4.79 Å². The van der Waals surface area contributed by atoms with Gasteiger partial charge in [-0.2, -0.15) is 0 Å². The monoisotopic (exact) mass is 456 g/mol. The lowest BCUT2D eigenvalue weighted by molar-refractivity contribution is 0.0545. The Kier molecular flexibility index (Phi) is 6.75. The van der Waals surface area contributed by atoms with E-state index in [9.17, 15) is 9.90 Å². The zero-order valence-electron chi connectivity index (χ0n) is 18.8. The van der Waals surface area contributed by atoms with E-state index in [2.05, 4.69) is 10.5 Å². The highest BCUT2D eigenvalue weighted by Gasteiger charge is 2.39. The number of ether oxygens (including phenoxy) is 2. The van der Waals surface area contributed by atoms with E-state index in [1.165, 1.54) is 12.4 Å². The minimum atomic E-state index is -1.14. The number of aromatic nitrogens is 1. The van der Waals surface area contributed by atoms with Crippen molar-refractivity contribution in [3.8, 4) is 11.5 Å². The average molecular weight is 456 g/mol. The molecule has 7 heteroatoms. The van der Waals surface area contributed by atoms with E-state index in [4.69, 9.17) is 14.3 Å². The number of nitrogens with one attached hydrogen (secondary N) is 1. The lowest BCUT2D eigenvalue weighted by Gasteiger charge is -2.35. The molecule has 0 amide bonds. The van der Waals surface area contributed by atoms with E-state index in [-0.39, 0.29) is 11.3 Å². The Balaban J connectivity index is 1.91. The molecule has 0 atom stereocenters. The maximum absolute atomic E-state index is 11.7. The van der Waals surface area contributed by atoms with Gasteiger partial charge in [0.25, 0.3) is 0 Å². The van der Waals surface area contributed by atoms with Crippen LogP contribution in [0.5, 0.6) is 11.5 Å². The number of anilines is 1. The molecule has 0 spiro atoms. The van der Waals surface area contributed by atoms with Crippen LogP contribution in [0.2, 0.25) is 0 Å². The fraction of sp³-hybridized carbons (Fsp3) is 0.111. The Labute approximate surface area is 197 Å². The fourth-order valence-corrected chi connectivity index (χ4v) is 3.79. The molecule has 34 heavy (non-hydrogen) atoms. The summed E-state index contributed by atoms with van der Waals surface area (Å²) in [5, 5.41) is 9.60. The van der Waals surface area contributed by atoms with Gasteiger partial charge in [-0.3, -0.25) is 15.3 Å². The third kappa shape index (κ3) is 4.42. The molecule has 0 aliphatic carbocycles. The number of carboxylic acids is 1. The molecule has 0 aliphatic rings. The van der Waals surface area contributed by atoms with Gasteiger partial charge in [0.2, 0.25) is 0 Å². The molecule has 4 rings (SSSR count). The SMILES string of the molecule is COc1ccc(C(ONc2ccncc2C(=O)O)(c2ccccc2)c2ccc(OC)cc2)cc1. The molecule has 7 nitrogen and oxygen atoms in total. The molecule has 4 aromatic rings. The Hall–Kier alpha value is -4.36. The lowest BCUT2D eigenvalue weighted by atomic mass is 9.80. The van der Waals surface area contributed by atoms with Crippen molar-refractivity contribution >= 4 is 11.7 Å². The predicted molar refractivity (Wildman–Crippen MR) is 128 cm³/mol. The van der Waals surface area contributed by atoms with Crippen molar-refractivity contribution in [3.63, 3.8) is 0 Å². The third-order valence-electron chi connectivity index (χ3n) is 5.54. The summed E-state index contributed by atoms with van der Waals surface area (Å²) in [6.07, 6.45) is 2.78. The van der Waals surface area contributed by atoms with Crippen molar-refractivity contribution < 1.29 is 24.2 Å². The van der Waals surface area contributed by atoms with Crippen LogP contribution in [-0.4, -0.2) is 30.3 Å². The molecular weight excluding hydrogens is 432 g/mol. The van der Waals surface area contributed by atoms with Crippen LogP contribution >= 0.6 is 0 Å². The van der Waals surface area contributed by atoms with Crippen LogP contribution in [-0.2, 0) is 10.4 Å². The van der Waals surface area contributed by atoms with Gasteiger partial charge >= 0.3 is 5.97 Å². The maximum atomic E-state index is 11.7. The minimum Gasteiger partial charge on any atom is -0.497 e. The van der Waals surface area contributed by atoms with Crippen LogP contribution < -0.4 is 15.0 Å². The number of nitrogens with zero attached hydrogens (tertiary/aromatic N) is 1. The van der Waals surface area contributed by atoms with E-state index in [0.717, 1.165) is 16.7 Å². The predicted octanol–water partition coefficient (Wildman–Crippen LogP) is 5.13. The molecule has 0 bridgehead atoms. The largest absolute Gasteiger partial charge is 0.497 e. The Morgan fingerprint density at radius 3 is 1.82 bits per heavy atom. The second kappa shape index (κ2) is 10.1. The van der Waals surface area contributed by atoms with E-state index >= 15 is 0 Å². The van der Waals surface area contributed by atoms with Gasteiger partial charge < -0.3 is 14.6 Å². The van der Waals surface area contributed by atoms with Crippen molar-refractivity contribution in [2.45, 2.75) is 5.60 Å². The molecule has 2 N–H and O–H groups in total. The van der Waals surface area contributed by atoms with Crippen LogP contribution in [0, 0.1) is 0 Å². The van der Waals surface area contributed by atoms with Gasteiger partial charge in [-0.15, -0.1) is 0 Å². The van der Waals surface area contributed by atoms with Gasteiger partial charge in [0.15, 0.2) is 5.60 Å². The van der Waals surface area contributed by atoms with Crippen molar-refractivity contribution in [2.24, 2.45) is 0 Å². The fourth-order valence-electron chi connectivity index (χ4n) is 3.79. The third-order valence-corrected chi connectivity index (χ3v) is 5.54. The molecule has 0 aliphatic heterocycles. The number of hydrogen-bond donors (Lipinski definition) is 2. The molecule has 1 heterocycles. The highest BCUT2D eigenvalue weighted by Crippen LogP contribution is 2.41. The molecule has 0 saturated carbocycles. The summed E-state index contributed by atoms with van der Waals surface area (Å²) in [5.41, 5.74) is 4.50. The molecule has 1 aromatic heterocycles. The zero-order valence-corrected chi connectivity index (χ0v) is 18.8. The number of carboxylic acid groups (broad SMARTS) is 1. The molecule has 3 aromatic carbocycles. The number of hydrogen-bond acceptors (Lipinski definition) is 6. The van der Waals surface area contributed by atoms with Crippen LogP contribution in [0.4, 0.5) is 5.69 Å². The molecular formula is C27H24N2O5. The van der Waals surface area contributed by atoms with Crippen molar-refractivity contribution in [3.05, 3.63) is 120 Å². The topological polar surface area (TPSA) is 89.9 Å². The summed E-state index contributed by atoms with van der Waals surface area (Å²) in [5.74, 6) is 0.296. The summed E-state index contributed by atoms with van der Waals surface area (Å²) >= 11 is 0. The van der Waals surface area contributed by atoms with Crippen LogP contribution in [0.15, 0.2) is 97.3 Å². The summed E-state index contributed by atoms with van der Waals surface area (Å²) in [4.78, 5) is 22.1. The quantitative estimate of drug-likeness (QED) is 0.266. The zero-order chi connectivity index (χ0) is 24.0. The number of carbonyl (C=O) groups is 1. The van der Waals surface area contributed by atoms with Gasteiger partial charge in [-0.05, 0) is 47.0 Å².